The molecule has 3 rings (SSSR count). The molecular weight excluding hydrogens is 265 g/mol. The van der Waals surface area contributed by atoms with Gasteiger partial charge in [-0.3, -0.25) is 0 Å². The van der Waals surface area contributed by atoms with Crippen LogP contribution in [-0.4, -0.2) is 34.6 Å². The van der Waals surface area contributed by atoms with Gasteiger partial charge in [0.1, 0.15) is 11.6 Å². The molecule has 1 aromatic carbocycles. The molecule has 0 N–H and O–H groups in total. The smallest absolute Gasteiger partial charge is 0.140 e. The first-order valence-corrected chi connectivity index (χ1v) is 7.54. The molecule has 0 saturated carbocycles. The van der Waals surface area contributed by atoms with E-state index in [0.29, 0.717) is 12.0 Å². The van der Waals surface area contributed by atoms with Crippen LogP contribution in [-0.2, 0) is 0 Å². The average Bonchev–Trinajstić information content (AvgIpc) is 2.87. The minimum absolute atomic E-state index is 0.193. The van der Waals surface area contributed by atoms with Gasteiger partial charge in [-0.2, -0.15) is 0 Å². The zero-order valence-electron chi connectivity index (χ0n) is 12.9. The van der Waals surface area contributed by atoms with Crippen LogP contribution >= 0.6 is 0 Å². The fourth-order valence-corrected chi connectivity index (χ4v) is 3.42. The molecule has 2 aromatic rings. The number of hydrogen-bond acceptors (Lipinski definition) is 2. The van der Waals surface area contributed by atoms with Crippen LogP contribution in [0.1, 0.15) is 24.9 Å². The van der Waals surface area contributed by atoms with Crippen molar-refractivity contribution >= 4 is 0 Å². The molecule has 1 fully saturated rings. The Morgan fingerprint density at radius 3 is 2.86 bits per heavy atom. The normalized spacial score (nSPS) is 23.4. The highest BCUT2D eigenvalue weighted by Crippen LogP contribution is 2.32. The second-order valence-electron chi connectivity index (χ2n) is 6.21. The molecule has 0 radical (unpaired) electrons. The van der Waals surface area contributed by atoms with Crippen molar-refractivity contribution in [3.05, 3.63) is 42.0 Å². The summed E-state index contributed by atoms with van der Waals surface area (Å²) >= 11 is 0. The Morgan fingerprint density at radius 2 is 2.14 bits per heavy atom. The van der Waals surface area contributed by atoms with Crippen molar-refractivity contribution in [1.29, 1.82) is 0 Å². The van der Waals surface area contributed by atoms with E-state index >= 15 is 0 Å². The summed E-state index contributed by atoms with van der Waals surface area (Å²) in [6.07, 6.45) is 5.04. The Hall–Kier alpha value is -1.68. The Kier molecular flexibility index (Phi) is 3.81. The number of hydrogen-bond donors (Lipinski definition) is 0. The lowest BCUT2D eigenvalue weighted by atomic mass is 9.93. The van der Waals surface area contributed by atoms with Crippen molar-refractivity contribution in [2.45, 2.75) is 26.3 Å². The van der Waals surface area contributed by atoms with E-state index in [4.69, 9.17) is 0 Å². The topological polar surface area (TPSA) is 21.1 Å². The number of rotatable bonds is 2. The average molecular weight is 287 g/mol. The maximum absolute atomic E-state index is 13.3. The lowest BCUT2D eigenvalue weighted by molar-refractivity contribution is 0.160. The molecule has 3 nitrogen and oxygen atoms in total. The monoisotopic (exact) mass is 287 g/mol. The summed E-state index contributed by atoms with van der Waals surface area (Å²) in [5, 5.41) is 0. The van der Waals surface area contributed by atoms with Gasteiger partial charge in [-0.15, -0.1) is 0 Å². The molecule has 0 aliphatic carbocycles. The van der Waals surface area contributed by atoms with Gasteiger partial charge in [-0.05, 0) is 56.6 Å². The molecule has 0 amide bonds. The van der Waals surface area contributed by atoms with E-state index < -0.39 is 0 Å². The molecule has 1 aromatic heterocycles. The molecule has 2 heterocycles. The quantitative estimate of drug-likeness (QED) is 0.843. The lowest BCUT2D eigenvalue weighted by Gasteiger charge is -2.36. The van der Waals surface area contributed by atoms with Gasteiger partial charge < -0.3 is 9.47 Å². The number of nitrogens with zero attached hydrogens (tertiary/aromatic N) is 3. The Bertz CT molecular complexity index is 635. The first-order valence-electron chi connectivity index (χ1n) is 7.54. The minimum atomic E-state index is -0.193. The van der Waals surface area contributed by atoms with E-state index in [2.05, 4.69) is 34.6 Å². The molecule has 21 heavy (non-hydrogen) atoms. The fraction of sp³-hybridized carbons (Fsp3) is 0.471. The molecule has 112 valence electrons. The molecular formula is C17H22FN3. The van der Waals surface area contributed by atoms with E-state index in [1.165, 1.54) is 6.07 Å². The number of piperidine rings is 1. The predicted octanol–water partition coefficient (Wildman–Crippen LogP) is 3.51. The maximum atomic E-state index is 13.3. The van der Waals surface area contributed by atoms with Crippen molar-refractivity contribution in [3.63, 3.8) is 0 Å². The van der Waals surface area contributed by atoms with E-state index in [-0.39, 0.29) is 5.82 Å². The number of aryl methyl sites for hydroxylation is 1. The highest BCUT2D eigenvalue weighted by Gasteiger charge is 2.27. The largest absolute Gasteiger partial charge is 0.328 e. The zero-order valence-corrected chi connectivity index (χ0v) is 12.9. The Morgan fingerprint density at radius 1 is 1.33 bits per heavy atom. The van der Waals surface area contributed by atoms with Crippen molar-refractivity contribution in [2.75, 3.05) is 20.1 Å². The summed E-state index contributed by atoms with van der Waals surface area (Å²) in [5.74, 6) is 1.34. The van der Waals surface area contributed by atoms with Crippen LogP contribution in [0.5, 0.6) is 0 Å². The predicted molar refractivity (Wildman–Crippen MR) is 82.7 cm³/mol. The molecule has 1 aliphatic heterocycles. The van der Waals surface area contributed by atoms with Gasteiger partial charge >= 0.3 is 0 Å². The Labute approximate surface area is 125 Å². The first-order chi connectivity index (χ1) is 10.1. The summed E-state index contributed by atoms with van der Waals surface area (Å²) in [5.41, 5.74) is 1.95. The number of benzene rings is 1. The maximum Gasteiger partial charge on any atom is 0.140 e. The highest BCUT2D eigenvalue weighted by molar-refractivity contribution is 5.60. The van der Waals surface area contributed by atoms with Crippen LogP contribution in [0.3, 0.4) is 0 Å². The van der Waals surface area contributed by atoms with Crippen LogP contribution in [0.25, 0.3) is 11.4 Å². The third kappa shape index (κ3) is 2.72. The molecule has 0 spiro atoms. The van der Waals surface area contributed by atoms with Crippen molar-refractivity contribution < 1.29 is 4.39 Å². The number of imidazole rings is 1. The standard InChI is InChI=1S/C17H22FN3/c1-12-10-14(18)4-5-15(12)17-19-7-9-21(17)16-6-8-20(3)11-13(16)2/h4-5,7,9-10,13,16H,6,8,11H2,1-3H3/t13-,16-/m0/s1. The van der Waals surface area contributed by atoms with Crippen LogP contribution in [0.15, 0.2) is 30.6 Å². The lowest BCUT2D eigenvalue weighted by Crippen LogP contribution is -2.37. The fourth-order valence-electron chi connectivity index (χ4n) is 3.42. The molecule has 4 heteroatoms. The summed E-state index contributed by atoms with van der Waals surface area (Å²) in [6, 6.07) is 5.39. The second kappa shape index (κ2) is 5.60. The van der Waals surface area contributed by atoms with E-state index in [9.17, 15) is 4.39 Å². The molecule has 2 atom stereocenters. The van der Waals surface area contributed by atoms with Crippen molar-refractivity contribution in [1.82, 2.24) is 14.5 Å². The third-order valence-electron chi connectivity index (χ3n) is 4.52. The van der Waals surface area contributed by atoms with Crippen LogP contribution in [0.2, 0.25) is 0 Å². The Balaban J connectivity index is 1.97. The van der Waals surface area contributed by atoms with Gasteiger partial charge in [-0.25, -0.2) is 9.37 Å². The van der Waals surface area contributed by atoms with Gasteiger partial charge in [0, 0.05) is 30.5 Å². The van der Waals surface area contributed by atoms with E-state index in [0.717, 1.165) is 36.5 Å². The number of halogens is 1. The van der Waals surface area contributed by atoms with E-state index in [1.807, 2.05) is 19.2 Å². The van der Waals surface area contributed by atoms with Crippen LogP contribution in [0.4, 0.5) is 4.39 Å². The third-order valence-corrected chi connectivity index (χ3v) is 4.52. The number of likely N-dealkylation sites (tertiary alicyclic amines) is 1. The number of aromatic nitrogens is 2. The highest BCUT2D eigenvalue weighted by atomic mass is 19.1. The molecule has 0 bridgehead atoms. The molecule has 0 unspecified atom stereocenters. The SMILES string of the molecule is Cc1cc(F)ccc1-c1nccn1[C@H]1CCN(C)C[C@@H]1C. The van der Waals surface area contributed by atoms with Gasteiger partial charge in [0.15, 0.2) is 0 Å². The van der Waals surface area contributed by atoms with Crippen molar-refractivity contribution in [2.24, 2.45) is 5.92 Å². The molecule has 1 saturated heterocycles. The second-order valence-corrected chi connectivity index (χ2v) is 6.21. The van der Waals surface area contributed by atoms with Gasteiger partial charge in [0.2, 0.25) is 0 Å². The van der Waals surface area contributed by atoms with Crippen LogP contribution in [0, 0.1) is 18.7 Å². The summed E-state index contributed by atoms with van der Waals surface area (Å²) in [7, 11) is 2.17. The molecule has 1 aliphatic rings. The summed E-state index contributed by atoms with van der Waals surface area (Å²) in [4.78, 5) is 6.91. The van der Waals surface area contributed by atoms with Gasteiger partial charge in [0.25, 0.3) is 0 Å². The van der Waals surface area contributed by atoms with Gasteiger partial charge in [0.05, 0.1) is 0 Å². The minimum Gasteiger partial charge on any atom is -0.328 e. The van der Waals surface area contributed by atoms with E-state index in [1.54, 1.807) is 6.07 Å². The first kappa shape index (κ1) is 14.3. The summed E-state index contributed by atoms with van der Waals surface area (Å²) < 4.78 is 15.6. The van der Waals surface area contributed by atoms with Gasteiger partial charge in [-0.1, -0.05) is 6.92 Å². The summed E-state index contributed by atoms with van der Waals surface area (Å²) in [6.45, 7) is 6.44. The van der Waals surface area contributed by atoms with Crippen molar-refractivity contribution in [3.8, 4) is 11.4 Å². The zero-order chi connectivity index (χ0) is 15.0. The van der Waals surface area contributed by atoms with Crippen LogP contribution < -0.4 is 0 Å².